The van der Waals surface area contributed by atoms with Crippen LogP contribution in [0.2, 0.25) is 0 Å². The van der Waals surface area contributed by atoms with Crippen molar-refractivity contribution >= 4 is 16.0 Å². The van der Waals surface area contributed by atoms with Crippen molar-refractivity contribution in [1.29, 1.82) is 0 Å². The molecule has 5 N–H and O–H groups in total. The number of nitrogens with two attached hydrogens (primary N) is 1. The molecule has 0 bridgehead atoms. The second-order valence-corrected chi connectivity index (χ2v) is 3.57. The fourth-order valence-corrected chi connectivity index (χ4v) is 0.291. The van der Waals surface area contributed by atoms with E-state index in [0.717, 1.165) is 0 Å². The van der Waals surface area contributed by atoms with Gasteiger partial charge >= 0.3 is 0 Å². The maximum atomic E-state index is 9.95. The molecule has 7 nitrogen and oxygen atoms in total. The minimum Gasteiger partial charge on any atom is -0.395 e. The van der Waals surface area contributed by atoms with E-state index < -0.39 is 16.0 Å². The Hall–Kier alpha value is -0.700. The van der Waals surface area contributed by atoms with Crippen LogP contribution in [0, 0.1) is 0 Å². The summed E-state index contributed by atoms with van der Waals surface area (Å²) in [6, 6.07) is 0. The molecule has 0 aromatic heterocycles. The van der Waals surface area contributed by atoms with E-state index in [1.54, 1.807) is 0 Å². The fraction of sp³-hybridized carbons (Fsp3) is 0.800. The molecular weight excluding hydrogens is 200 g/mol. The Morgan fingerprint density at radius 3 is 2.15 bits per heavy atom. The van der Waals surface area contributed by atoms with Gasteiger partial charge < -0.3 is 16.2 Å². The molecule has 0 aliphatic rings. The van der Waals surface area contributed by atoms with Gasteiger partial charge in [-0.25, -0.2) is 0 Å². The lowest BCUT2D eigenvalue weighted by atomic mass is 10.6. The van der Waals surface area contributed by atoms with Gasteiger partial charge in [-0.05, 0) is 0 Å². The summed E-state index contributed by atoms with van der Waals surface area (Å²) in [7, 11) is -3.67. The lowest BCUT2D eigenvalue weighted by Crippen LogP contribution is -2.30. The normalized spacial score (nSPS) is 10.1. The molecule has 0 aliphatic heterocycles. The summed E-state index contributed by atoms with van der Waals surface area (Å²) in [5, 5.41) is 10.8. The summed E-state index contributed by atoms with van der Waals surface area (Å²) in [5.41, 5.74) is 4.75. The number of nitrogens with one attached hydrogen (secondary N) is 1. The average molecular weight is 214 g/mol. The summed E-state index contributed by atoms with van der Waals surface area (Å²) >= 11 is 0. The van der Waals surface area contributed by atoms with Crippen LogP contribution < -0.4 is 11.1 Å². The van der Waals surface area contributed by atoms with E-state index in [4.69, 9.17) is 15.4 Å². The number of aliphatic hydroxyl groups excluding tert-OH is 1. The highest BCUT2D eigenvalue weighted by Crippen LogP contribution is 1.60. The Balaban J connectivity index is 0. The minimum absolute atomic E-state index is 0.0350. The van der Waals surface area contributed by atoms with Crippen molar-refractivity contribution in [1.82, 2.24) is 5.32 Å². The second kappa shape index (κ2) is 7.92. The van der Waals surface area contributed by atoms with Gasteiger partial charge in [0.1, 0.15) is 0 Å². The zero-order valence-corrected chi connectivity index (χ0v) is 8.04. The maximum Gasteiger partial charge on any atom is 0.261 e. The topological polar surface area (TPSA) is 130 Å². The number of hydrogen-bond acceptors (Lipinski definition) is 5. The first-order chi connectivity index (χ1) is 5.77. The molecule has 0 heterocycles. The standard InChI is InChI=1S/C4H10N2O2.CH4O3S/c5-4(8)3-6-1-2-7;1-5(2,3)4/h6-7H,1-3H2,(H2,5,8);1H3,(H,2,3,4). The Bertz CT molecular complexity index is 217. The van der Waals surface area contributed by atoms with Gasteiger partial charge in [-0.1, -0.05) is 0 Å². The highest BCUT2D eigenvalue weighted by Gasteiger charge is 1.88. The highest BCUT2D eigenvalue weighted by molar-refractivity contribution is 7.85. The number of hydrogen-bond donors (Lipinski definition) is 4. The van der Waals surface area contributed by atoms with Gasteiger partial charge in [0.05, 0.1) is 19.4 Å². The van der Waals surface area contributed by atoms with Gasteiger partial charge in [-0.2, -0.15) is 8.42 Å². The zero-order chi connectivity index (χ0) is 10.9. The number of aliphatic hydroxyl groups is 1. The number of rotatable bonds is 4. The zero-order valence-electron chi connectivity index (χ0n) is 7.23. The first-order valence-corrected chi connectivity index (χ1v) is 5.14. The summed E-state index contributed by atoms with van der Waals surface area (Å²) < 4.78 is 25.9. The largest absolute Gasteiger partial charge is 0.395 e. The molecule has 0 saturated carbocycles. The molecular formula is C5H14N2O5S. The number of carbonyl (C=O) groups excluding carboxylic acids is 1. The van der Waals surface area contributed by atoms with Crippen LogP contribution in [0.5, 0.6) is 0 Å². The number of carbonyl (C=O) groups is 1. The Morgan fingerprint density at radius 2 is 1.92 bits per heavy atom. The summed E-state index contributed by atoms with van der Waals surface area (Å²) in [4.78, 5) is 9.95. The van der Waals surface area contributed by atoms with Crippen LogP contribution in [-0.2, 0) is 14.9 Å². The lowest BCUT2D eigenvalue weighted by molar-refractivity contribution is -0.117. The van der Waals surface area contributed by atoms with Crippen molar-refractivity contribution in [3.05, 3.63) is 0 Å². The minimum atomic E-state index is -3.67. The average Bonchev–Trinajstić information content (AvgIpc) is 1.83. The first kappa shape index (κ1) is 14.8. The molecule has 0 radical (unpaired) electrons. The smallest absolute Gasteiger partial charge is 0.261 e. The van der Waals surface area contributed by atoms with E-state index >= 15 is 0 Å². The van der Waals surface area contributed by atoms with Crippen molar-refractivity contribution in [2.24, 2.45) is 5.73 Å². The third-order valence-electron chi connectivity index (χ3n) is 0.588. The third-order valence-corrected chi connectivity index (χ3v) is 0.588. The van der Waals surface area contributed by atoms with Crippen molar-refractivity contribution in [3.8, 4) is 0 Å². The van der Waals surface area contributed by atoms with Crippen molar-refractivity contribution in [2.75, 3.05) is 26.0 Å². The molecule has 0 spiro atoms. The molecule has 0 aromatic carbocycles. The summed E-state index contributed by atoms with van der Waals surface area (Å²) in [6.45, 7) is 0.594. The van der Waals surface area contributed by atoms with E-state index in [0.29, 0.717) is 12.8 Å². The molecule has 0 rings (SSSR count). The Labute approximate surface area is 76.7 Å². The van der Waals surface area contributed by atoms with Crippen LogP contribution in [0.4, 0.5) is 0 Å². The molecule has 0 aliphatic carbocycles. The van der Waals surface area contributed by atoms with Crippen LogP contribution in [0.25, 0.3) is 0 Å². The predicted molar refractivity (Wildman–Crippen MR) is 46.6 cm³/mol. The van der Waals surface area contributed by atoms with E-state index in [-0.39, 0.29) is 13.2 Å². The Kier molecular flexibility index (Phi) is 9.02. The molecule has 0 aromatic rings. The maximum absolute atomic E-state index is 9.95. The van der Waals surface area contributed by atoms with Crippen LogP contribution in [0.3, 0.4) is 0 Å². The van der Waals surface area contributed by atoms with Crippen LogP contribution >= 0.6 is 0 Å². The molecule has 0 unspecified atom stereocenters. The highest BCUT2D eigenvalue weighted by atomic mass is 32.2. The number of amides is 1. The van der Waals surface area contributed by atoms with E-state index in [1.165, 1.54) is 0 Å². The van der Waals surface area contributed by atoms with Crippen molar-refractivity contribution < 1.29 is 22.9 Å². The summed E-state index contributed by atoms with van der Waals surface area (Å²) in [6.07, 6.45) is 0.715. The Morgan fingerprint density at radius 1 is 1.54 bits per heavy atom. The molecule has 8 heteroatoms. The van der Waals surface area contributed by atoms with Crippen LogP contribution in [0.15, 0.2) is 0 Å². The molecule has 1 amide bonds. The molecule has 13 heavy (non-hydrogen) atoms. The fourth-order valence-electron chi connectivity index (χ4n) is 0.291. The van der Waals surface area contributed by atoms with Gasteiger partial charge in [-0.3, -0.25) is 9.35 Å². The quantitative estimate of drug-likeness (QED) is 0.304. The number of primary amides is 1. The van der Waals surface area contributed by atoms with E-state index in [1.807, 2.05) is 0 Å². The van der Waals surface area contributed by atoms with Gasteiger partial charge in [0.2, 0.25) is 5.91 Å². The second-order valence-electron chi connectivity index (χ2n) is 2.10. The predicted octanol–water partition coefficient (Wildman–Crippen LogP) is -2.44. The molecule has 80 valence electrons. The van der Waals surface area contributed by atoms with Gasteiger partial charge in [0, 0.05) is 6.54 Å². The van der Waals surface area contributed by atoms with Crippen LogP contribution in [-0.4, -0.2) is 49.9 Å². The molecule has 0 fully saturated rings. The van der Waals surface area contributed by atoms with Gasteiger partial charge in [0.15, 0.2) is 0 Å². The molecule has 0 atom stereocenters. The van der Waals surface area contributed by atoms with Gasteiger partial charge in [0.25, 0.3) is 10.1 Å². The van der Waals surface area contributed by atoms with Crippen LogP contribution in [0.1, 0.15) is 0 Å². The van der Waals surface area contributed by atoms with Crippen molar-refractivity contribution in [2.45, 2.75) is 0 Å². The first-order valence-electron chi connectivity index (χ1n) is 3.29. The molecule has 0 saturated heterocycles. The third kappa shape index (κ3) is 52.9. The van der Waals surface area contributed by atoms with Gasteiger partial charge in [-0.15, -0.1) is 0 Å². The summed E-state index contributed by atoms with van der Waals surface area (Å²) in [5.74, 6) is -0.404. The van der Waals surface area contributed by atoms with Crippen molar-refractivity contribution in [3.63, 3.8) is 0 Å². The SMILES string of the molecule is CS(=O)(=O)O.NC(=O)CNCCO. The van der Waals surface area contributed by atoms with E-state index in [9.17, 15) is 13.2 Å². The monoisotopic (exact) mass is 214 g/mol. The van der Waals surface area contributed by atoms with E-state index in [2.05, 4.69) is 5.32 Å². The lowest BCUT2D eigenvalue weighted by Gasteiger charge is -1.94.